The van der Waals surface area contributed by atoms with Crippen LogP contribution >= 0.6 is 0 Å². The van der Waals surface area contributed by atoms with Gasteiger partial charge in [-0.25, -0.2) is 0 Å². The number of anilines is 3. The van der Waals surface area contributed by atoms with Crippen molar-refractivity contribution < 1.29 is 4.42 Å². The third-order valence-electron chi connectivity index (χ3n) is 8.15. The minimum absolute atomic E-state index is 0.846. The Balaban J connectivity index is 1.20. The minimum Gasteiger partial charge on any atom is -0.456 e. The Morgan fingerprint density at radius 3 is 1.39 bits per heavy atom. The molecular weight excluding hydrogens is 536 g/mol. The Morgan fingerprint density at radius 2 is 0.841 bits per heavy atom. The van der Waals surface area contributed by atoms with Crippen molar-refractivity contribution in [3.8, 4) is 33.5 Å². The van der Waals surface area contributed by atoms with Crippen LogP contribution < -0.4 is 4.90 Å². The molecule has 0 aliphatic carbocycles. The molecule has 0 saturated heterocycles. The first kappa shape index (κ1) is 25.8. The molecule has 0 aliphatic rings. The zero-order valence-electron chi connectivity index (χ0n) is 24.0. The summed E-state index contributed by atoms with van der Waals surface area (Å²) in [5, 5.41) is 2.12. The maximum atomic E-state index is 6.13. The highest BCUT2D eigenvalue weighted by Gasteiger charge is 2.16. The molecule has 0 radical (unpaired) electrons. The van der Waals surface area contributed by atoms with Gasteiger partial charge in [0.05, 0.1) is 11.1 Å². The first-order valence-corrected chi connectivity index (χ1v) is 14.8. The fourth-order valence-corrected chi connectivity index (χ4v) is 5.97. The maximum absolute atomic E-state index is 6.13. The number of fused-ring (bicyclic) bond motifs is 3. The molecule has 0 aliphatic heterocycles. The van der Waals surface area contributed by atoms with E-state index in [2.05, 4.69) is 132 Å². The van der Waals surface area contributed by atoms with Gasteiger partial charge in [0.2, 0.25) is 0 Å². The van der Waals surface area contributed by atoms with Gasteiger partial charge in [-0.05, 0) is 70.8 Å². The summed E-state index contributed by atoms with van der Waals surface area (Å²) in [6.45, 7) is 0. The number of para-hydroxylation sites is 1. The Kier molecular flexibility index (Phi) is 6.47. The Morgan fingerprint density at radius 1 is 0.386 bits per heavy atom. The molecule has 0 N–H and O–H groups in total. The number of hydrogen-bond donors (Lipinski definition) is 0. The van der Waals surface area contributed by atoms with Gasteiger partial charge in [-0.15, -0.1) is 0 Å². The molecule has 0 saturated carbocycles. The molecule has 2 aromatic heterocycles. The number of aromatic nitrogens is 1. The lowest BCUT2D eigenvalue weighted by molar-refractivity contribution is 0.668. The summed E-state index contributed by atoms with van der Waals surface area (Å²) in [5.74, 6) is 0. The first-order valence-electron chi connectivity index (χ1n) is 14.8. The van der Waals surface area contributed by atoms with Gasteiger partial charge in [0, 0.05) is 34.2 Å². The number of nitrogens with zero attached hydrogens (tertiary/aromatic N) is 2. The molecule has 3 heteroatoms. The van der Waals surface area contributed by atoms with Crippen LogP contribution in [0.5, 0.6) is 0 Å². The van der Waals surface area contributed by atoms with E-state index in [1.807, 2.05) is 42.6 Å². The van der Waals surface area contributed by atoms with Crippen molar-refractivity contribution in [2.24, 2.45) is 0 Å². The predicted molar refractivity (Wildman–Crippen MR) is 183 cm³/mol. The summed E-state index contributed by atoms with van der Waals surface area (Å²) >= 11 is 0. The SMILES string of the molecule is c1ccc(-c2ccc(N(c3ccc(-c4ccccc4)cc3)c3ccc(-c4nccc5oc6ccccc6c45)cc3)cc2)cc1. The Labute approximate surface area is 256 Å². The normalized spacial score (nSPS) is 11.2. The van der Waals surface area contributed by atoms with Crippen LogP contribution in [0.4, 0.5) is 17.1 Å². The van der Waals surface area contributed by atoms with Crippen LogP contribution in [0.3, 0.4) is 0 Å². The summed E-state index contributed by atoms with van der Waals surface area (Å²) < 4.78 is 6.13. The van der Waals surface area contributed by atoms with Gasteiger partial charge in [-0.3, -0.25) is 4.98 Å². The van der Waals surface area contributed by atoms with Crippen LogP contribution in [0.1, 0.15) is 0 Å². The second-order valence-corrected chi connectivity index (χ2v) is 10.8. The molecule has 2 heterocycles. The van der Waals surface area contributed by atoms with Crippen LogP contribution in [-0.4, -0.2) is 4.98 Å². The number of furan rings is 1. The zero-order valence-corrected chi connectivity index (χ0v) is 24.0. The van der Waals surface area contributed by atoms with Gasteiger partial charge in [0.15, 0.2) is 0 Å². The topological polar surface area (TPSA) is 29.3 Å². The Hall–Kier alpha value is -5.93. The van der Waals surface area contributed by atoms with Gasteiger partial charge in [0.25, 0.3) is 0 Å². The van der Waals surface area contributed by atoms with Crippen LogP contribution in [0, 0.1) is 0 Å². The molecule has 44 heavy (non-hydrogen) atoms. The molecule has 0 unspecified atom stereocenters. The molecule has 208 valence electrons. The zero-order chi connectivity index (χ0) is 29.3. The fourth-order valence-electron chi connectivity index (χ4n) is 5.97. The standard InChI is InChI=1S/C41H28N2O/c1-3-9-29(10-4-1)31-15-21-34(22-16-31)43(35-23-17-32(18-24-35)30-11-5-2-6-12-30)36-25-19-33(20-26-36)41-40-37-13-7-8-14-38(37)44-39(40)27-28-42-41/h1-28H. The third-order valence-corrected chi connectivity index (χ3v) is 8.15. The third kappa shape index (κ3) is 4.71. The number of rotatable bonds is 6. The molecule has 6 aromatic carbocycles. The molecule has 0 atom stereocenters. The van der Waals surface area contributed by atoms with Crippen molar-refractivity contribution in [3.63, 3.8) is 0 Å². The molecule has 0 fully saturated rings. The van der Waals surface area contributed by atoms with E-state index in [0.717, 1.165) is 50.3 Å². The predicted octanol–water partition coefficient (Wildman–Crippen LogP) is 11.5. The summed E-state index contributed by atoms with van der Waals surface area (Å²) in [5.41, 5.74) is 11.7. The van der Waals surface area contributed by atoms with Crippen molar-refractivity contribution in [1.29, 1.82) is 0 Å². The van der Waals surface area contributed by atoms with E-state index in [4.69, 9.17) is 9.40 Å². The van der Waals surface area contributed by atoms with Crippen molar-refractivity contribution in [2.75, 3.05) is 4.90 Å². The fraction of sp³-hybridized carbons (Fsp3) is 0. The summed E-state index contributed by atoms with van der Waals surface area (Å²) in [6, 6.07) is 57.3. The minimum atomic E-state index is 0.846. The number of pyridine rings is 1. The number of hydrogen-bond acceptors (Lipinski definition) is 3. The molecule has 3 nitrogen and oxygen atoms in total. The van der Waals surface area contributed by atoms with Crippen molar-refractivity contribution in [2.45, 2.75) is 0 Å². The Bertz CT molecular complexity index is 2100. The quantitative estimate of drug-likeness (QED) is 0.201. The average molecular weight is 565 g/mol. The van der Waals surface area contributed by atoms with Crippen molar-refractivity contribution in [3.05, 3.63) is 170 Å². The van der Waals surface area contributed by atoms with E-state index in [1.165, 1.54) is 22.3 Å². The lowest BCUT2D eigenvalue weighted by Gasteiger charge is -2.26. The van der Waals surface area contributed by atoms with Gasteiger partial charge in [-0.1, -0.05) is 115 Å². The molecule has 0 bridgehead atoms. The highest BCUT2D eigenvalue weighted by molar-refractivity contribution is 6.11. The highest BCUT2D eigenvalue weighted by atomic mass is 16.3. The van der Waals surface area contributed by atoms with Gasteiger partial charge in [0.1, 0.15) is 11.2 Å². The number of benzene rings is 6. The highest BCUT2D eigenvalue weighted by Crippen LogP contribution is 2.39. The van der Waals surface area contributed by atoms with Crippen molar-refractivity contribution in [1.82, 2.24) is 4.98 Å². The second kappa shape index (κ2) is 11.0. The van der Waals surface area contributed by atoms with E-state index in [1.54, 1.807) is 0 Å². The largest absolute Gasteiger partial charge is 0.456 e. The smallest absolute Gasteiger partial charge is 0.139 e. The van der Waals surface area contributed by atoms with Crippen molar-refractivity contribution >= 4 is 39.0 Å². The summed E-state index contributed by atoms with van der Waals surface area (Å²) in [6.07, 6.45) is 1.82. The lowest BCUT2D eigenvalue weighted by atomic mass is 10.0. The molecule has 8 aromatic rings. The molecule has 8 rings (SSSR count). The first-order chi connectivity index (χ1) is 21.8. The van der Waals surface area contributed by atoms with E-state index in [9.17, 15) is 0 Å². The van der Waals surface area contributed by atoms with Crippen LogP contribution in [-0.2, 0) is 0 Å². The van der Waals surface area contributed by atoms with Crippen LogP contribution in [0.15, 0.2) is 174 Å². The van der Waals surface area contributed by atoms with E-state index >= 15 is 0 Å². The van der Waals surface area contributed by atoms with Gasteiger partial charge >= 0.3 is 0 Å². The molecular formula is C41H28N2O. The van der Waals surface area contributed by atoms with Crippen LogP contribution in [0.2, 0.25) is 0 Å². The average Bonchev–Trinajstić information content (AvgIpc) is 3.49. The maximum Gasteiger partial charge on any atom is 0.139 e. The van der Waals surface area contributed by atoms with E-state index in [-0.39, 0.29) is 0 Å². The van der Waals surface area contributed by atoms with Crippen LogP contribution in [0.25, 0.3) is 55.4 Å². The summed E-state index contributed by atoms with van der Waals surface area (Å²) in [7, 11) is 0. The summed E-state index contributed by atoms with van der Waals surface area (Å²) in [4.78, 5) is 7.09. The van der Waals surface area contributed by atoms with E-state index < -0.39 is 0 Å². The molecule has 0 spiro atoms. The molecule has 0 amide bonds. The monoisotopic (exact) mass is 564 g/mol. The second-order valence-electron chi connectivity index (χ2n) is 10.8. The van der Waals surface area contributed by atoms with Gasteiger partial charge in [-0.2, -0.15) is 0 Å². The van der Waals surface area contributed by atoms with Gasteiger partial charge < -0.3 is 9.32 Å². The van der Waals surface area contributed by atoms with E-state index in [0.29, 0.717) is 0 Å². The lowest BCUT2D eigenvalue weighted by Crippen LogP contribution is -2.09.